The zero-order chi connectivity index (χ0) is 14.0. The van der Waals surface area contributed by atoms with Crippen molar-refractivity contribution in [2.24, 2.45) is 0 Å². The van der Waals surface area contributed by atoms with Crippen molar-refractivity contribution in [3.63, 3.8) is 0 Å². The van der Waals surface area contributed by atoms with E-state index in [9.17, 15) is 19.7 Å². The Morgan fingerprint density at radius 3 is 2.89 bits per heavy atom. The van der Waals surface area contributed by atoms with Gasteiger partial charge in [0, 0.05) is 25.1 Å². The van der Waals surface area contributed by atoms with Crippen LogP contribution in [0.25, 0.3) is 0 Å². The second-order valence-corrected chi connectivity index (χ2v) is 4.20. The van der Waals surface area contributed by atoms with Crippen molar-refractivity contribution in [2.45, 2.75) is 13.3 Å². The van der Waals surface area contributed by atoms with E-state index in [1.807, 2.05) is 0 Å². The van der Waals surface area contributed by atoms with Crippen LogP contribution in [0.15, 0.2) is 18.2 Å². The molecule has 0 atom stereocenters. The Morgan fingerprint density at radius 2 is 2.26 bits per heavy atom. The lowest BCUT2D eigenvalue weighted by Gasteiger charge is -2.28. The summed E-state index contributed by atoms with van der Waals surface area (Å²) in [7, 11) is 0. The zero-order valence-electron chi connectivity index (χ0n) is 10.3. The van der Waals surface area contributed by atoms with E-state index in [2.05, 4.69) is 0 Å². The fourth-order valence-electron chi connectivity index (χ4n) is 1.82. The van der Waals surface area contributed by atoms with E-state index in [0.29, 0.717) is 11.4 Å². The van der Waals surface area contributed by atoms with Gasteiger partial charge in [-0.15, -0.1) is 0 Å². The Kier molecular flexibility index (Phi) is 3.46. The minimum absolute atomic E-state index is 0.0497. The molecule has 1 aliphatic heterocycles. The quantitative estimate of drug-likeness (QED) is 0.604. The number of hydrogen-bond acceptors (Lipinski definition) is 5. The van der Waals surface area contributed by atoms with E-state index >= 15 is 0 Å². The largest absolute Gasteiger partial charge is 0.482 e. The molecule has 1 aromatic carbocycles. The van der Waals surface area contributed by atoms with Crippen LogP contribution in [0.4, 0.5) is 11.4 Å². The molecule has 0 aliphatic carbocycles. The number of amides is 1. The Labute approximate surface area is 108 Å². The minimum Gasteiger partial charge on any atom is -0.482 e. The van der Waals surface area contributed by atoms with Crippen LogP contribution in [0.1, 0.15) is 13.3 Å². The first kappa shape index (κ1) is 13.0. The smallest absolute Gasteiger partial charge is 0.271 e. The average molecular weight is 264 g/mol. The molecular formula is C12H12N2O5. The fraction of sp³-hybridized carbons (Fsp3) is 0.333. The standard InChI is InChI=1S/C12H12N2O5/c1-8(15)4-5-13-10-6-9(14(17)18)2-3-11(10)19-7-12(13)16/h2-3,6H,4-5,7H2,1H3. The molecule has 1 aromatic rings. The number of ether oxygens (including phenoxy) is 1. The maximum absolute atomic E-state index is 11.8. The first-order chi connectivity index (χ1) is 8.99. The number of nitrogens with zero attached hydrogens (tertiary/aromatic N) is 2. The fourth-order valence-corrected chi connectivity index (χ4v) is 1.82. The normalized spacial score (nSPS) is 13.7. The van der Waals surface area contributed by atoms with Gasteiger partial charge < -0.3 is 9.64 Å². The second kappa shape index (κ2) is 5.05. The number of Topliss-reactive ketones (excluding diaryl/α,β-unsaturated/α-hetero) is 1. The highest BCUT2D eigenvalue weighted by atomic mass is 16.6. The van der Waals surface area contributed by atoms with Gasteiger partial charge in [-0.2, -0.15) is 0 Å². The Bertz CT molecular complexity index is 555. The van der Waals surface area contributed by atoms with Crippen LogP contribution >= 0.6 is 0 Å². The lowest BCUT2D eigenvalue weighted by Crippen LogP contribution is -2.39. The van der Waals surface area contributed by atoms with Gasteiger partial charge in [0.05, 0.1) is 10.6 Å². The number of hydrogen-bond donors (Lipinski definition) is 0. The van der Waals surface area contributed by atoms with Crippen LogP contribution in [0, 0.1) is 10.1 Å². The molecule has 2 rings (SSSR count). The van der Waals surface area contributed by atoms with Crippen molar-refractivity contribution in [1.82, 2.24) is 0 Å². The monoisotopic (exact) mass is 264 g/mol. The summed E-state index contributed by atoms with van der Waals surface area (Å²) in [6.07, 6.45) is 0.202. The van der Waals surface area contributed by atoms with Crippen LogP contribution in [0.3, 0.4) is 0 Å². The van der Waals surface area contributed by atoms with Gasteiger partial charge in [-0.1, -0.05) is 0 Å². The van der Waals surface area contributed by atoms with Crippen LogP contribution in [-0.2, 0) is 9.59 Å². The molecule has 0 aromatic heterocycles. The Balaban J connectivity index is 2.35. The van der Waals surface area contributed by atoms with Crippen molar-refractivity contribution in [2.75, 3.05) is 18.1 Å². The summed E-state index contributed by atoms with van der Waals surface area (Å²) in [5.41, 5.74) is 0.219. The highest BCUT2D eigenvalue weighted by molar-refractivity contribution is 5.98. The SMILES string of the molecule is CC(=O)CCN1C(=O)COc2ccc([N+](=O)[O-])cc21. The number of nitro benzene ring substituents is 1. The van der Waals surface area contributed by atoms with Crippen molar-refractivity contribution in [1.29, 1.82) is 0 Å². The van der Waals surface area contributed by atoms with Gasteiger partial charge in [-0.25, -0.2) is 0 Å². The molecule has 100 valence electrons. The van der Waals surface area contributed by atoms with Crippen LogP contribution in [0.2, 0.25) is 0 Å². The highest BCUT2D eigenvalue weighted by Gasteiger charge is 2.27. The van der Waals surface area contributed by atoms with Crippen molar-refractivity contribution >= 4 is 23.1 Å². The minimum atomic E-state index is -0.539. The summed E-state index contributed by atoms with van der Waals surface area (Å²) in [4.78, 5) is 34.3. The first-order valence-corrected chi connectivity index (χ1v) is 5.70. The number of non-ortho nitro benzene ring substituents is 1. The highest BCUT2D eigenvalue weighted by Crippen LogP contribution is 2.35. The van der Waals surface area contributed by atoms with E-state index in [1.165, 1.54) is 30.0 Å². The molecule has 0 saturated carbocycles. The molecular weight excluding hydrogens is 252 g/mol. The maximum atomic E-state index is 11.8. The van der Waals surface area contributed by atoms with Gasteiger partial charge in [0.2, 0.25) is 0 Å². The number of nitro groups is 1. The van der Waals surface area contributed by atoms with Crippen molar-refractivity contribution < 1.29 is 19.2 Å². The molecule has 0 spiro atoms. The molecule has 0 N–H and O–H groups in total. The van der Waals surface area contributed by atoms with Gasteiger partial charge in [-0.3, -0.25) is 19.7 Å². The second-order valence-electron chi connectivity index (χ2n) is 4.20. The van der Waals surface area contributed by atoms with Crippen LogP contribution in [0.5, 0.6) is 5.75 Å². The summed E-state index contributed by atoms with van der Waals surface area (Å²) in [5, 5.41) is 10.7. The number of carbonyl (C=O) groups is 2. The van der Waals surface area contributed by atoms with Gasteiger partial charge in [-0.05, 0) is 13.0 Å². The molecule has 1 amide bonds. The molecule has 7 nitrogen and oxygen atoms in total. The molecule has 0 unspecified atom stereocenters. The lowest BCUT2D eigenvalue weighted by molar-refractivity contribution is -0.384. The van der Waals surface area contributed by atoms with Gasteiger partial charge >= 0.3 is 0 Å². The number of anilines is 1. The number of fused-ring (bicyclic) bond motifs is 1. The lowest BCUT2D eigenvalue weighted by atomic mass is 10.2. The molecule has 1 heterocycles. The van der Waals surface area contributed by atoms with E-state index in [-0.39, 0.29) is 37.0 Å². The number of rotatable bonds is 4. The third kappa shape index (κ3) is 2.70. The Hall–Kier alpha value is -2.44. The molecule has 1 aliphatic rings. The number of ketones is 1. The number of benzene rings is 1. The van der Waals surface area contributed by atoms with Crippen LogP contribution < -0.4 is 9.64 Å². The molecule has 0 radical (unpaired) electrons. The molecule has 7 heteroatoms. The van der Waals surface area contributed by atoms with Gasteiger partial charge in [0.25, 0.3) is 11.6 Å². The van der Waals surface area contributed by atoms with E-state index < -0.39 is 4.92 Å². The number of carbonyl (C=O) groups excluding carboxylic acids is 2. The molecule has 19 heavy (non-hydrogen) atoms. The third-order valence-electron chi connectivity index (χ3n) is 2.78. The summed E-state index contributed by atoms with van der Waals surface area (Å²) in [6, 6.07) is 4.06. The molecule has 0 bridgehead atoms. The summed E-state index contributed by atoms with van der Waals surface area (Å²) < 4.78 is 5.21. The van der Waals surface area contributed by atoms with E-state index in [1.54, 1.807) is 0 Å². The first-order valence-electron chi connectivity index (χ1n) is 5.70. The maximum Gasteiger partial charge on any atom is 0.271 e. The third-order valence-corrected chi connectivity index (χ3v) is 2.78. The van der Waals surface area contributed by atoms with Crippen molar-refractivity contribution in [3.8, 4) is 5.75 Å². The topological polar surface area (TPSA) is 89.8 Å². The van der Waals surface area contributed by atoms with E-state index in [0.717, 1.165) is 0 Å². The van der Waals surface area contributed by atoms with Crippen molar-refractivity contribution in [3.05, 3.63) is 28.3 Å². The van der Waals surface area contributed by atoms with Gasteiger partial charge in [0.1, 0.15) is 11.5 Å². The predicted molar refractivity (Wildman–Crippen MR) is 66.2 cm³/mol. The Morgan fingerprint density at radius 1 is 1.53 bits per heavy atom. The van der Waals surface area contributed by atoms with Gasteiger partial charge in [0.15, 0.2) is 6.61 Å². The zero-order valence-corrected chi connectivity index (χ0v) is 10.3. The average Bonchev–Trinajstić information content (AvgIpc) is 2.36. The summed E-state index contributed by atoms with van der Waals surface area (Å²) in [5.74, 6) is 0.0503. The predicted octanol–water partition coefficient (Wildman–Crippen LogP) is 1.30. The molecule has 0 fully saturated rings. The molecule has 0 saturated heterocycles. The van der Waals surface area contributed by atoms with E-state index in [4.69, 9.17) is 4.74 Å². The summed E-state index contributed by atoms with van der Waals surface area (Å²) >= 11 is 0. The van der Waals surface area contributed by atoms with Crippen LogP contribution in [-0.4, -0.2) is 29.8 Å². The summed E-state index contributed by atoms with van der Waals surface area (Å²) in [6.45, 7) is 1.51.